The minimum atomic E-state index is -0.127. The van der Waals surface area contributed by atoms with Crippen molar-refractivity contribution in [2.45, 2.75) is 12.5 Å². The zero-order valence-electron chi connectivity index (χ0n) is 13.2. The van der Waals surface area contributed by atoms with Gasteiger partial charge in [-0.15, -0.1) is 0 Å². The van der Waals surface area contributed by atoms with E-state index in [0.717, 1.165) is 16.9 Å². The van der Waals surface area contributed by atoms with E-state index in [-0.39, 0.29) is 18.4 Å². The minimum absolute atomic E-state index is 0.0179. The Bertz CT molecular complexity index is 689. The number of hydrogen-bond acceptors (Lipinski definition) is 4. The van der Waals surface area contributed by atoms with Crippen LogP contribution in [0.4, 0.5) is 0 Å². The van der Waals surface area contributed by atoms with E-state index in [1.807, 2.05) is 47.8 Å². The van der Waals surface area contributed by atoms with Crippen LogP contribution in [0.25, 0.3) is 0 Å². The Labute approximate surface area is 145 Å². The maximum atomic E-state index is 12.0. The highest BCUT2D eigenvalue weighted by Gasteiger charge is 2.18. The molecule has 1 unspecified atom stereocenters. The van der Waals surface area contributed by atoms with Crippen molar-refractivity contribution in [3.8, 4) is 0 Å². The van der Waals surface area contributed by atoms with Gasteiger partial charge >= 0.3 is 0 Å². The summed E-state index contributed by atoms with van der Waals surface area (Å²) in [5, 5.41) is 7.02. The van der Waals surface area contributed by atoms with E-state index >= 15 is 0 Å². The quantitative estimate of drug-likeness (QED) is 0.678. The smallest absolute Gasteiger partial charge is 0.246 e. The van der Waals surface area contributed by atoms with Gasteiger partial charge < -0.3 is 14.5 Å². The lowest BCUT2D eigenvalue weighted by atomic mass is 9.99. The van der Waals surface area contributed by atoms with Crippen LogP contribution in [0.5, 0.6) is 0 Å². The lowest BCUT2D eigenvalue weighted by molar-refractivity contribution is -0.126. The SMILES string of the molecule is O=C(COCc1ccccc1)NCC(c1ccsc1)c1ccco1. The number of ether oxygens (including phenoxy) is 1. The molecule has 1 aromatic carbocycles. The molecular formula is C19H19NO3S. The first-order valence-corrected chi connectivity index (χ1v) is 8.71. The van der Waals surface area contributed by atoms with E-state index in [4.69, 9.17) is 9.15 Å². The predicted molar refractivity (Wildman–Crippen MR) is 94.0 cm³/mol. The molecule has 4 nitrogen and oxygen atoms in total. The fourth-order valence-corrected chi connectivity index (χ4v) is 3.16. The third-order valence-electron chi connectivity index (χ3n) is 3.68. The molecule has 0 saturated carbocycles. The standard InChI is InChI=1S/C19H19NO3S/c21-19(13-22-12-15-5-2-1-3-6-15)20-11-17(16-8-10-24-14-16)18-7-4-9-23-18/h1-10,14,17H,11-13H2,(H,20,21). The van der Waals surface area contributed by atoms with Crippen molar-refractivity contribution in [2.75, 3.05) is 13.2 Å². The van der Waals surface area contributed by atoms with Gasteiger partial charge in [0.25, 0.3) is 0 Å². The first-order chi connectivity index (χ1) is 11.8. The number of carbonyl (C=O) groups excluding carboxylic acids is 1. The van der Waals surface area contributed by atoms with Crippen molar-refractivity contribution < 1.29 is 13.9 Å². The lowest BCUT2D eigenvalue weighted by Crippen LogP contribution is -2.31. The molecule has 0 aliphatic carbocycles. The zero-order valence-corrected chi connectivity index (χ0v) is 14.0. The van der Waals surface area contributed by atoms with E-state index in [9.17, 15) is 4.79 Å². The number of nitrogens with one attached hydrogen (secondary N) is 1. The van der Waals surface area contributed by atoms with Crippen molar-refractivity contribution in [1.29, 1.82) is 0 Å². The Morgan fingerprint density at radius 2 is 2.04 bits per heavy atom. The maximum absolute atomic E-state index is 12.0. The lowest BCUT2D eigenvalue weighted by Gasteiger charge is -2.14. The summed E-state index contributed by atoms with van der Waals surface area (Å²) in [6, 6.07) is 15.6. The highest BCUT2D eigenvalue weighted by atomic mass is 32.1. The molecule has 2 heterocycles. The Morgan fingerprint density at radius 3 is 2.75 bits per heavy atom. The molecule has 1 atom stereocenters. The first kappa shape index (κ1) is 16.5. The number of amides is 1. The van der Waals surface area contributed by atoms with Crippen molar-refractivity contribution in [3.05, 3.63) is 82.4 Å². The van der Waals surface area contributed by atoms with Crippen molar-refractivity contribution in [1.82, 2.24) is 5.32 Å². The van der Waals surface area contributed by atoms with Gasteiger partial charge in [-0.25, -0.2) is 0 Å². The molecule has 1 N–H and O–H groups in total. The number of benzene rings is 1. The van der Waals surface area contributed by atoms with E-state index in [0.29, 0.717) is 13.2 Å². The van der Waals surface area contributed by atoms with Gasteiger partial charge in [0.15, 0.2) is 0 Å². The van der Waals surface area contributed by atoms with Gasteiger partial charge in [-0.3, -0.25) is 4.79 Å². The van der Waals surface area contributed by atoms with Crippen molar-refractivity contribution >= 4 is 17.2 Å². The Kier molecular flexibility index (Phi) is 5.82. The van der Waals surface area contributed by atoms with Gasteiger partial charge in [-0.1, -0.05) is 30.3 Å². The minimum Gasteiger partial charge on any atom is -0.469 e. The third-order valence-corrected chi connectivity index (χ3v) is 4.38. The second kappa shape index (κ2) is 8.47. The second-order valence-electron chi connectivity index (χ2n) is 5.41. The molecule has 5 heteroatoms. The molecule has 1 amide bonds. The Hall–Kier alpha value is -2.37. The van der Waals surface area contributed by atoms with Gasteiger partial charge in [0.05, 0.1) is 18.8 Å². The van der Waals surface area contributed by atoms with Gasteiger partial charge in [-0.2, -0.15) is 11.3 Å². The predicted octanol–water partition coefficient (Wildman–Crippen LogP) is 3.81. The fraction of sp³-hybridized carbons (Fsp3) is 0.211. The van der Waals surface area contributed by atoms with Gasteiger partial charge in [0.2, 0.25) is 5.91 Å². The van der Waals surface area contributed by atoms with E-state index in [2.05, 4.69) is 16.8 Å². The Balaban J connectivity index is 1.49. The molecular weight excluding hydrogens is 322 g/mol. The van der Waals surface area contributed by atoms with Crippen molar-refractivity contribution in [2.24, 2.45) is 0 Å². The van der Waals surface area contributed by atoms with Crippen LogP contribution in [0.3, 0.4) is 0 Å². The normalized spacial score (nSPS) is 12.0. The molecule has 0 fully saturated rings. The molecule has 0 aliphatic rings. The summed E-state index contributed by atoms with van der Waals surface area (Å²) in [5.41, 5.74) is 2.19. The highest BCUT2D eigenvalue weighted by molar-refractivity contribution is 7.08. The zero-order chi connectivity index (χ0) is 16.6. The number of hydrogen-bond donors (Lipinski definition) is 1. The summed E-state index contributed by atoms with van der Waals surface area (Å²) >= 11 is 1.63. The highest BCUT2D eigenvalue weighted by Crippen LogP contribution is 2.26. The van der Waals surface area contributed by atoms with Crippen LogP contribution < -0.4 is 5.32 Å². The fourth-order valence-electron chi connectivity index (χ4n) is 2.45. The molecule has 2 aromatic heterocycles. The second-order valence-corrected chi connectivity index (χ2v) is 6.19. The summed E-state index contributed by atoms with van der Waals surface area (Å²) in [6.07, 6.45) is 1.65. The summed E-state index contributed by atoms with van der Waals surface area (Å²) in [5.74, 6) is 0.737. The van der Waals surface area contributed by atoms with E-state index < -0.39 is 0 Å². The molecule has 0 radical (unpaired) electrons. The van der Waals surface area contributed by atoms with Crippen LogP contribution in [0.15, 0.2) is 70.0 Å². The number of thiophene rings is 1. The van der Waals surface area contributed by atoms with E-state index in [1.165, 1.54) is 0 Å². The van der Waals surface area contributed by atoms with Gasteiger partial charge in [-0.05, 0) is 40.1 Å². The average molecular weight is 341 g/mol. The molecule has 0 bridgehead atoms. The van der Waals surface area contributed by atoms with Crippen LogP contribution >= 0.6 is 11.3 Å². The van der Waals surface area contributed by atoms with Crippen LogP contribution in [0.1, 0.15) is 22.8 Å². The Morgan fingerprint density at radius 1 is 1.17 bits per heavy atom. The summed E-state index contributed by atoms with van der Waals surface area (Å²) in [7, 11) is 0. The average Bonchev–Trinajstić information content (AvgIpc) is 3.30. The van der Waals surface area contributed by atoms with Crippen molar-refractivity contribution in [3.63, 3.8) is 0 Å². The van der Waals surface area contributed by atoms with Gasteiger partial charge in [0, 0.05) is 6.54 Å². The van der Waals surface area contributed by atoms with Crippen LogP contribution in [-0.4, -0.2) is 19.1 Å². The third kappa shape index (κ3) is 4.57. The summed E-state index contributed by atoms with van der Waals surface area (Å²) in [4.78, 5) is 12.0. The number of furan rings is 1. The molecule has 124 valence electrons. The largest absolute Gasteiger partial charge is 0.469 e. The van der Waals surface area contributed by atoms with E-state index in [1.54, 1.807) is 17.6 Å². The molecule has 0 spiro atoms. The maximum Gasteiger partial charge on any atom is 0.246 e. The molecule has 24 heavy (non-hydrogen) atoms. The first-order valence-electron chi connectivity index (χ1n) is 7.77. The summed E-state index contributed by atoms with van der Waals surface area (Å²) in [6.45, 7) is 0.960. The topological polar surface area (TPSA) is 51.5 Å². The molecule has 0 aliphatic heterocycles. The molecule has 3 rings (SSSR count). The monoisotopic (exact) mass is 341 g/mol. The summed E-state index contributed by atoms with van der Waals surface area (Å²) < 4.78 is 11.0. The molecule has 3 aromatic rings. The molecule has 0 saturated heterocycles. The number of carbonyl (C=O) groups is 1. The number of rotatable bonds is 8. The van der Waals surface area contributed by atoms with Crippen LogP contribution in [0, 0.1) is 0 Å². The van der Waals surface area contributed by atoms with Gasteiger partial charge in [0.1, 0.15) is 12.4 Å². The van der Waals surface area contributed by atoms with Crippen LogP contribution in [-0.2, 0) is 16.1 Å². The van der Waals surface area contributed by atoms with Crippen LogP contribution in [0.2, 0.25) is 0 Å².